The number of benzene rings is 1. The molecule has 0 amide bonds. The van der Waals surface area contributed by atoms with Crippen molar-refractivity contribution in [2.75, 3.05) is 5.32 Å². The first-order valence-corrected chi connectivity index (χ1v) is 6.73. The number of alkyl halides is 3. The van der Waals surface area contributed by atoms with Gasteiger partial charge in [0.15, 0.2) is 0 Å². The van der Waals surface area contributed by atoms with Crippen molar-refractivity contribution in [1.29, 1.82) is 0 Å². The number of hydrogen-bond acceptors (Lipinski definition) is 2. The number of rotatable bonds is 3. The molecule has 0 spiro atoms. The Morgan fingerprint density at radius 1 is 1.40 bits per heavy atom. The van der Waals surface area contributed by atoms with Gasteiger partial charge in [-0.1, -0.05) is 27.5 Å². The first kappa shape index (κ1) is 15.2. The van der Waals surface area contributed by atoms with E-state index < -0.39 is 11.7 Å². The van der Waals surface area contributed by atoms with E-state index in [1.54, 1.807) is 17.7 Å². The van der Waals surface area contributed by atoms with Crippen molar-refractivity contribution in [1.82, 2.24) is 9.55 Å². The predicted molar refractivity (Wildman–Crippen MR) is 74.7 cm³/mol. The van der Waals surface area contributed by atoms with E-state index in [2.05, 4.69) is 26.2 Å². The van der Waals surface area contributed by atoms with Crippen LogP contribution >= 0.6 is 27.5 Å². The summed E-state index contributed by atoms with van der Waals surface area (Å²) in [4.78, 5) is 4.02. The van der Waals surface area contributed by atoms with Gasteiger partial charge in [0, 0.05) is 17.2 Å². The van der Waals surface area contributed by atoms with Gasteiger partial charge in [0.25, 0.3) is 0 Å². The highest BCUT2D eigenvalue weighted by Gasteiger charge is 2.33. The largest absolute Gasteiger partial charge is 0.418 e. The van der Waals surface area contributed by atoms with Gasteiger partial charge in [-0.3, -0.25) is 0 Å². The minimum absolute atomic E-state index is 0.000164. The molecule has 0 bridgehead atoms. The molecule has 108 valence electrons. The van der Waals surface area contributed by atoms with Crippen LogP contribution < -0.4 is 5.32 Å². The van der Waals surface area contributed by atoms with Gasteiger partial charge in [-0.2, -0.15) is 13.2 Å². The Balaban J connectivity index is 2.24. The van der Waals surface area contributed by atoms with Gasteiger partial charge < -0.3 is 9.88 Å². The van der Waals surface area contributed by atoms with Gasteiger partial charge in [-0.25, -0.2) is 4.98 Å². The second-order valence-electron chi connectivity index (χ2n) is 4.10. The van der Waals surface area contributed by atoms with Crippen LogP contribution in [0.4, 0.5) is 18.9 Å². The maximum absolute atomic E-state index is 12.9. The van der Waals surface area contributed by atoms with Crippen molar-refractivity contribution in [3.63, 3.8) is 0 Å². The third-order valence-corrected chi connectivity index (χ3v) is 3.60. The molecule has 0 fully saturated rings. The number of imidazole rings is 1. The highest BCUT2D eigenvalue weighted by molar-refractivity contribution is 9.10. The third-order valence-electron chi connectivity index (χ3n) is 2.75. The summed E-state index contributed by atoms with van der Waals surface area (Å²) >= 11 is 8.86. The number of halogens is 5. The highest BCUT2D eigenvalue weighted by atomic mass is 79.9. The molecule has 1 heterocycles. The minimum atomic E-state index is -4.43. The second-order valence-corrected chi connectivity index (χ2v) is 5.40. The Hall–Kier alpha value is -1.21. The van der Waals surface area contributed by atoms with Crippen molar-refractivity contribution in [3.05, 3.63) is 45.4 Å². The van der Waals surface area contributed by atoms with E-state index in [1.807, 2.05) is 0 Å². The number of anilines is 1. The van der Waals surface area contributed by atoms with Crippen LogP contribution in [0.15, 0.2) is 28.9 Å². The van der Waals surface area contributed by atoms with Crippen molar-refractivity contribution < 1.29 is 13.2 Å². The molecule has 0 saturated carbocycles. The SMILES string of the molecule is Cn1c(Cl)cnc1CNc1ccc(Br)cc1C(F)(F)F. The molecule has 0 unspecified atom stereocenters. The molecule has 0 aliphatic carbocycles. The van der Waals surface area contributed by atoms with E-state index >= 15 is 0 Å². The molecule has 1 N–H and O–H groups in total. The summed E-state index contributed by atoms with van der Waals surface area (Å²) < 4.78 is 40.8. The molecule has 0 aliphatic rings. The average Bonchev–Trinajstić information content (AvgIpc) is 2.67. The molecule has 20 heavy (non-hydrogen) atoms. The van der Waals surface area contributed by atoms with Crippen molar-refractivity contribution in [2.45, 2.75) is 12.7 Å². The van der Waals surface area contributed by atoms with E-state index in [0.29, 0.717) is 15.5 Å². The van der Waals surface area contributed by atoms with E-state index in [0.717, 1.165) is 6.07 Å². The molecule has 0 aliphatic heterocycles. The first-order chi connectivity index (χ1) is 9.29. The van der Waals surface area contributed by atoms with Crippen LogP contribution in [0.25, 0.3) is 0 Å². The van der Waals surface area contributed by atoms with Gasteiger partial charge in [-0.15, -0.1) is 0 Å². The molecular weight excluding hydrogens is 359 g/mol. The average molecular weight is 369 g/mol. The summed E-state index contributed by atoms with van der Waals surface area (Å²) in [5, 5.41) is 3.16. The molecular formula is C12H10BrClF3N3. The molecule has 1 aromatic heterocycles. The van der Waals surface area contributed by atoms with Crippen molar-refractivity contribution in [3.8, 4) is 0 Å². The summed E-state index contributed by atoms with van der Waals surface area (Å²) in [5.74, 6) is 0.547. The van der Waals surface area contributed by atoms with Crippen LogP contribution in [0.5, 0.6) is 0 Å². The quantitative estimate of drug-likeness (QED) is 0.866. The number of hydrogen-bond donors (Lipinski definition) is 1. The number of nitrogens with zero attached hydrogens (tertiary/aromatic N) is 2. The lowest BCUT2D eigenvalue weighted by Crippen LogP contribution is -2.12. The van der Waals surface area contributed by atoms with Gasteiger partial charge >= 0.3 is 6.18 Å². The van der Waals surface area contributed by atoms with E-state index in [1.165, 1.54) is 12.3 Å². The summed E-state index contributed by atoms with van der Waals surface area (Å²) in [7, 11) is 1.69. The molecule has 2 aromatic rings. The maximum Gasteiger partial charge on any atom is 0.418 e. The third kappa shape index (κ3) is 3.27. The molecule has 0 atom stereocenters. The fourth-order valence-electron chi connectivity index (χ4n) is 1.67. The second kappa shape index (κ2) is 5.65. The van der Waals surface area contributed by atoms with Crippen molar-refractivity contribution >= 4 is 33.2 Å². The van der Waals surface area contributed by atoms with Crippen LogP contribution in [-0.2, 0) is 19.8 Å². The summed E-state index contributed by atoms with van der Waals surface area (Å²) in [6.45, 7) is 0.147. The number of aromatic nitrogens is 2. The van der Waals surface area contributed by atoms with Gasteiger partial charge in [0.1, 0.15) is 11.0 Å². The molecule has 1 aromatic carbocycles. The smallest absolute Gasteiger partial charge is 0.377 e. The zero-order valence-corrected chi connectivity index (χ0v) is 12.6. The molecule has 0 radical (unpaired) electrons. The lowest BCUT2D eigenvalue weighted by atomic mass is 10.1. The highest BCUT2D eigenvalue weighted by Crippen LogP contribution is 2.36. The topological polar surface area (TPSA) is 29.9 Å². The minimum Gasteiger partial charge on any atom is -0.377 e. The van der Waals surface area contributed by atoms with E-state index in [-0.39, 0.29) is 12.2 Å². The molecule has 8 heteroatoms. The maximum atomic E-state index is 12.9. The fraction of sp³-hybridized carbons (Fsp3) is 0.250. The normalized spacial score (nSPS) is 11.7. The molecule has 0 saturated heterocycles. The van der Waals surface area contributed by atoms with Gasteiger partial charge in [-0.05, 0) is 18.2 Å². The Bertz CT molecular complexity index is 625. The first-order valence-electron chi connectivity index (χ1n) is 5.55. The van der Waals surface area contributed by atoms with Crippen molar-refractivity contribution in [2.24, 2.45) is 7.05 Å². The predicted octanol–water partition coefficient (Wildman–Crippen LogP) is 4.47. The summed E-state index contributed by atoms with van der Waals surface area (Å²) in [6, 6.07) is 3.95. The van der Waals surface area contributed by atoms with E-state index in [9.17, 15) is 13.2 Å². The zero-order valence-electron chi connectivity index (χ0n) is 10.3. The summed E-state index contributed by atoms with van der Waals surface area (Å²) in [5.41, 5.74) is -0.730. The van der Waals surface area contributed by atoms with Crippen LogP contribution in [0, 0.1) is 0 Å². The monoisotopic (exact) mass is 367 g/mol. The lowest BCUT2D eigenvalue weighted by molar-refractivity contribution is -0.137. The lowest BCUT2D eigenvalue weighted by Gasteiger charge is -2.15. The zero-order chi connectivity index (χ0) is 14.9. The van der Waals surface area contributed by atoms with Crippen LogP contribution in [0.2, 0.25) is 5.15 Å². The van der Waals surface area contributed by atoms with Crippen LogP contribution in [0.1, 0.15) is 11.4 Å². The van der Waals surface area contributed by atoms with E-state index in [4.69, 9.17) is 11.6 Å². The Morgan fingerprint density at radius 3 is 2.65 bits per heavy atom. The van der Waals surface area contributed by atoms with Crippen LogP contribution in [-0.4, -0.2) is 9.55 Å². The standard InChI is InChI=1S/C12H10BrClF3N3/c1-20-10(14)5-19-11(20)6-18-9-3-2-7(13)4-8(9)12(15,16)17/h2-5,18H,6H2,1H3. The van der Waals surface area contributed by atoms with Gasteiger partial charge in [0.05, 0.1) is 18.3 Å². The summed E-state index contributed by atoms with van der Waals surface area (Å²) in [6.07, 6.45) is -2.98. The Kier molecular flexibility index (Phi) is 4.29. The Morgan fingerprint density at radius 2 is 2.10 bits per heavy atom. The van der Waals surface area contributed by atoms with Crippen LogP contribution in [0.3, 0.4) is 0 Å². The Labute approximate surface area is 126 Å². The fourth-order valence-corrected chi connectivity index (χ4v) is 2.18. The number of nitrogens with one attached hydrogen (secondary N) is 1. The molecule has 2 rings (SSSR count). The van der Waals surface area contributed by atoms with Gasteiger partial charge in [0.2, 0.25) is 0 Å². The molecule has 3 nitrogen and oxygen atoms in total.